The van der Waals surface area contributed by atoms with Crippen LogP contribution in [0.4, 0.5) is 15.8 Å². The highest BCUT2D eigenvalue weighted by Crippen LogP contribution is 2.28. The zero-order valence-corrected chi connectivity index (χ0v) is 13.0. The van der Waals surface area contributed by atoms with Crippen LogP contribution in [0.2, 0.25) is 5.02 Å². The zero-order valence-electron chi connectivity index (χ0n) is 11.4. The molecule has 0 saturated heterocycles. The van der Waals surface area contributed by atoms with E-state index in [1.165, 1.54) is 38.1 Å². The number of aryl methyl sites for hydroxylation is 2. The molecule has 2 rings (SSSR count). The third kappa shape index (κ3) is 3.28. The summed E-state index contributed by atoms with van der Waals surface area (Å²) in [6.45, 7) is 3.07. The second-order valence-electron chi connectivity index (χ2n) is 4.71. The molecule has 7 heteroatoms. The molecule has 2 aromatic rings. The lowest BCUT2D eigenvalue weighted by molar-refractivity contribution is 0.597. The van der Waals surface area contributed by atoms with Crippen molar-refractivity contribution in [3.05, 3.63) is 52.3 Å². The van der Waals surface area contributed by atoms with Crippen LogP contribution >= 0.6 is 11.6 Å². The molecule has 0 aliphatic rings. The second kappa shape index (κ2) is 5.54. The highest BCUT2D eigenvalue weighted by atomic mass is 35.5. The molecule has 0 saturated carbocycles. The fraction of sp³-hybridized carbons (Fsp3) is 0.143. The summed E-state index contributed by atoms with van der Waals surface area (Å²) in [6, 6.07) is 6.82. The normalized spacial score (nSPS) is 11.4. The molecule has 0 aliphatic carbocycles. The van der Waals surface area contributed by atoms with Crippen LogP contribution in [-0.2, 0) is 10.0 Å². The van der Waals surface area contributed by atoms with Crippen molar-refractivity contribution in [3.8, 4) is 0 Å². The van der Waals surface area contributed by atoms with Crippen LogP contribution in [0.5, 0.6) is 0 Å². The number of rotatable bonds is 3. The molecule has 0 unspecified atom stereocenters. The second-order valence-corrected chi connectivity index (χ2v) is 6.76. The monoisotopic (exact) mass is 328 g/mol. The highest BCUT2D eigenvalue weighted by molar-refractivity contribution is 7.92. The van der Waals surface area contributed by atoms with Crippen LogP contribution in [0.15, 0.2) is 35.2 Å². The van der Waals surface area contributed by atoms with E-state index in [0.29, 0.717) is 16.1 Å². The summed E-state index contributed by atoms with van der Waals surface area (Å²) in [6.07, 6.45) is 0. The number of benzene rings is 2. The largest absolute Gasteiger partial charge is 0.397 e. The lowest BCUT2D eigenvalue weighted by Crippen LogP contribution is -2.17. The Bertz CT molecular complexity index is 784. The molecule has 2 aromatic carbocycles. The SMILES string of the molecule is Cc1cc(F)cc(C)c1S(=O)(=O)Nc1cc(Cl)ccc1N. The number of nitrogen functional groups attached to an aromatic ring is 1. The Balaban J connectivity index is 2.51. The maximum atomic E-state index is 13.3. The zero-order chi connectivity index (χ0) is 15.8. The summed E-state index contributed by atoms with van der Waals surface area (Å²) in [5, 5.41) is 0.356. The van der Waals surface area contributed by atoms with E-state index in [-0.39, 0.29) is 16.3 Å². The van der Waals surface area contributed by atoms with Crippen molar-refractivity contribution >= 4 is 33.0 Å². The molecule has 0 aliphatic heterocycles. The van der Waals surface area contributed by atoms with Gasteiger partial charge in [-0.05, 0) is 55.3 Å². The minimum Gasteiger partial charge on any atom is -0.397 e. The van der Waals surface area contributed by atoms with Gasteiger partial charge in [-0.3, -0.25) is 4.72 Å². The third-order valence-corrected chi connectivity index (χ3v) is 4.86. The van der Waals surface area contributed by atoms with Gasteiger partial charge < -0.3 is 5.73 Å². The maximum absolute atomic E-state index is 13.3. The molecule has 0 radical (unpaired) electrons. The van der Waals surface area contributed by atoms with Gasteiger partial charge in [0.1, 0.15) is 5.82 Å². The molecular formula is C14H14ClFN2O2S. The van der Waals surface area contributed by atoms with Gasteiger partial charge >= 0.3 is 0 Å². The summed E-state index contributed by atoms with van der Waals surface area (Å²) in [5.41, 5.74) is 6.81. The van der Waals surface area contributed by atoms with Gasteiger partial charge in [0.15, 0.2) is 0 Å². The molecule has 112 valence electrons. The average molecular weight is 329 g/mol. The van der Waals surface area contributed by atoms with Gasteiger partial charge in [0.25, 0.3) is 10.0 Å². The molecule has 0 bridgehead atoms. The Morgan fingerprint density at radius 2 is 1.71 bits per heavy atom. The van der Waals surface area contributed by atoms with Gasteiger partial charge in [0.2, 0.25) is 0 Å². The predicted molar refractivity (Wildman–Crippen MR) is 82.5 cm³/mol. The number of anilines is 2. The first-order valence-electron chi connectivity index (χ1n) is 6.05. The Morgan fingerprint density at radius 1 is 1.14 bits per heavy atom. The van der Waals surface area contributed by atoms with E-state index in [4.69, 9.17) is 17.3 Å². The lowest BCUT2D eigenvalue weighted by Gasteiger charge is -2.14. The molecule has 3 N–H and O–H groups in total. The van der Waals surface area contributed by atoms with Crippen molar-refractivity contribution in [2.45, 2.75) is 18.7 Å². The molecule has 0 fully saturated rings. The molecule has 0 heterocycles. The first-order valence-corrected chi connectivity index (χ1v) is 7.91. The van der Waals surface area contributed by atoms with Crippen molar-refractivity contribution in [2.24, 2.45) is 0 Å². The van der Waals surface area contributed by atoms with Crippen molar-refractivity contribution in [1.29, 1.82) is 0 Å². The van der Waals surface area contributed by atoms with E-state index in [2.05, 4.69) is 4.72 Å². The summed E-state index contributed by atoms with van der Waals surface area (Å²) in [5.74, 6) is -0.480. The van der Waals surface area contributed by atoms with Gasteiger partial charge in [0, 0.05) is 5.02 Å². The van der Waals surface area contributed by atoms with Crippen molar-refractivity contribution < 1.29 is 12.8 Å². The number of hydrogen-bond donors (Lipinski definition) is 2. The first-order chi connectivity index (χ1) is 9.70. The number of sulfonamides is 1. The van der Waals surface area contributed by atoms with Crippen LogP contribution in [0, 0.1) is 19.7 Å². The Hall–Kier alpha value is -1.79. The summed E-state index contributed by atoms with van der Waals surface area (Å²) < 4.78 is 40.6. The average Bonchev–Trinajstić information content (AvgIpc) is 2.31. The number of hydrogen-bond acceptors (Lipinski definition) is 3. The topological polar surface area (TPSA) is 72.2 Å². The van der Waals surface area contributed by atoms with Crippen molar-refractivity contribution in [2.75, 3.05) is 10.5 Å². The first kappa shape index (κ1) is 15.6. The van der Waals surface area contributed by atoms with Gasteiger partial charge in [-0.25, -0.2) is 12.8 Å². The quantitative estimate of drug-likeness (QED) is 0.847. The maximum Gasteiger partial charge on any atom is 0.262 e. The van der Waals surface area contributed by atoms with E-state index < -0.39 is 15.8 Å². The molecule has 0 amide bonds. The fourth-order valence-corrected chi connectivity index (χ4v) is 3.84. The smallest absolute Gasteiger partial charge is 0.262 e. The molecular weight excluding hydrogens is 315 g/mol. The van der Waals surface area contributed by atoms with E-state index >= 15 is 0 Å². The van der Waals surface area contributed by atoms with Crippen LogP contribution in [0.3, 0.4) is 0 Å². The van der Waals surface area contributed by atoms with Gasteiger partial charge in [-0.1, -0.05) is 11.6 Å². The fourth-order valence-electron chi connectivity index (χ4n) is 2.13. The Labute approximate surface area is 127 Å². The lowest BCUT2D eigenvalue weighted by atomic mass is 10.1. The van der Waals surface area contributed by atoms with Crippen molar-refractivity contribution in [3.63, 3.8) is 0 Å². The van der Waals surface area contributed by atoms with Crippen LogP contribution in [0.1, 0.15) is 11.1 Å². The van der Waals surface area contributed by atoms with E-state index in [0.717, 1.165) is 0 Å². The van der Waals surface area contributed by atoms with Crippen LogP contribution in [0.25, 0.3) is 0 Å². The number of nitrogens with one attached hydrogen (secondary N) is 1. The third-order valence-electron chi connectivity index (χ3n) is 2.95. The van der Waals surface area contributed by atoms with E-state index in [1.807, 2.05) is 0 Å². The molecule has 0 aromatic heterocycles. The summed E-state index contributed by atoms with van der Waals surface area (Å²) in [4.78, 5) is 0.0308. The Kier molecular flexibility index (Phi) is 4.11. The predicted octanol–water partition coefficient (Wildman–Crippen LogP) is 3.48. The number of nitrogens with two attached hydrogens (primary N) is 1. The van der Waals surface area contributed by atoms with Gasteiger partial charge in [-0.15, -0.1) is 0 Å². The summed E-state index contributed by atoms with van der Waals surface area (Å²) >= 11 is 5.84. The standard InChI is InChI=1S/C14H14ClFN2O2S/c1-8-5-11(16)6-9(2)14(8)21(19,20)18-13-7-10(15)3-4-12(13)17/h3-7,18H,17H2,1-2H3. The molecule has 21 heavy (non-hydrogen) atoms. The van der Waals surface area contributed by atoms with Crippen LogP contribution in [-0.4, -0.2) is 8.42 Å². The van der Waals surface area contributed by atoms with Crippen molar-refractivity contribution in [1.82, 2.24) is 0 Å². The molecule has 0 atom stereocenters. The molecule has 4 nitrogen and oxygen atoms in total. The van der Waals surface area contributed by atoms with E-state index in [1.54, 1.807) is 6.07 Å². The summed E-state index contributed by atoms with van der Waals surface area (Å²) in [7, 11) is -3.89. The molecule has 0 spiro atoms. The van der Waals surface area contributed by atoms with Gasteiger partial charge in [-0.2, -0.15) is 0 Å². The Morgan fingerprint density at radius 3 is 2.29 bits per heavy atom. The minimum atomic E-state index is -3.89. The van der Waals surface area contributed by atoms with E-state index in [9.17, 15) is 12.8 Å². The number of halogens is 2. The minimum absolute atomic E-state index is 0.0308. The van der Waals surface area contributed by atoms with Gasteiger partial charge in [0.05, 0.1) is 16.3 Å². The highest BCUT2D eigenvalue weighted by Gasteiger charge is 2.21. The van der Waals surface area contributed by atoms with Crippen LogP contribution < -0.4 is 10.5 Å².